The van der Waals surface area contributed by atoms with Gasteiger partial charge in [0.05, 0.1) is 6.04 Å². The highest BCUT2D eigenvalue weighted by Gasteiger charge is 2.30. The summed E-state index contributed by atoms with van der Waals surface area (Å²) in [4.78, 5) is 14.2. The van der Waals surface area contributed by atoms with Crippen LogP contribution in [0.25, 0.3) is 0 Å². The molecule has 0 aromatic carbocycles. The summed E-state index contributed by atoms with van der Waals surface area (Å²) in [5, 5.41) is 3.05. The molecule has 0 spiro atoms. The van der Waals surface area contributed by atoms with Crippen LogP contribution in [0.2, 0.25) is 0 Å². The van der Waals surface area contributed by atoms with E-state index >= 15 is 0 Å². The van der Waals surface area contributed by atoms with Crippen LogP contribution >= 0.6 is 0 Å². The highest BCUT2D eigenvalue weighted by molar-refractivity contribution is 5.82. The normalized spacial score (nSPS) is 17.4. The summed E-state index contributed by atoms with van der Waals surface area (Å²) in [5.74, 6) is 0.179. The summed E-state index contributed by atoms with van der Waals surface area (Å²) >= 11 is 0. The van der Waals surface area contributed by atoms with Gasteiger partial charge in [0.1, 0.15) is 0 Å². The lowest BCUT2D eigenvalue weighted by atomic mass is 9.84. The van der Waals surface area contributed by atoms with Gasteiger partial charge in [-0.25, -0.2) is 0 Å². The zero-order chi connectivity index (χ0) is 14.5. The Morgan fingerprint density at radius 2 is 1.83 bits per heavy atom. The van der Waals surface area contributed by atoms with E-state index in [1.165, 1.54) is 0 Å². The summed E-state index contributed by atoms with van der Waals surface area (Å²) in [5.41, 5.74) is 5.96. The van der Waals surface area contributed by atoms with Crippen LogP contribution in [0.4, 0.5) is 0 Å². The molecule has 0 fully saturated rings. The van der Waals surface area contributed by atoms with Gasteiger partial charge < -0.3 is 16.0 Å². The van der Waals surface area contributed by atoms with Crippen LogP contribution in [0.5, 0.6) is 0 Å². The molecule has 4 heteroatoms. The molecule has 3 atom stereocenters. The Morgan fingerprint density at radius 3 is 2.22 bits per heavy atom. The van der Waals surface area contributed by atoms with Gasteiger partial charge in [0.25, 0.3) is 0 Å². The molecule has 0 bridgehead atoms. The Bertz CT molecular complexity index is 264. The minimum Gasteiger partial charge on any atom is -0.352 e. The minimum atomic E-state index is -0.410. The van der Waals surface area contributed by atoms with Gasteiger partial charge in [-0.15, -0.1) is 0 Å². The monoisotopic (exact) mass is 257 g/mol. The van der Waals surface area contributed by atoms with Crippen molar-refractivity contribution in [2.24, 2.45) is 17.1 Å². The van der Waals surface area contributed by atoms with Gasteiger partial charge in [-0.3, -0.25) is 4.79 Å². The molecule has 3 unspecified atom stereocenters. The second kappa shape index (κ2) is 7.10. The topological polar surface area (TPSA) is 58.4 Å². The van der Waals surface area contributed by atoms with E-state index in [0.29, 0.717) is 0 Å². The lowest BCUT2D eigenvalue weighted by Gasteiger charge is -2.35. The first kappa shape index (κ1) is 17.4. The van der Waals surface area contributed by atoms with E-state index in [4.69, 9.17) is 5.73 Å². The van der Waals surface area contributed by atoms with Crippen molar-refractivity contribution in [3.05, 3.63) is 0 Å². The van der Waals surface area contributed by atoms with Gasteiger partial charge in [0, 0.05) is 12.6 Å². The van der Waals surface area contributed by atoms with Crippen LogP contribution < -0.4 is 11.1 Å². The van der Waals surface area contributed by atoms with E-state index in [0.717, 1.165) is 13.0 Å². The van der Waals surface area contributed by atoms with Crippen LogP contribution in [0.15, 0.2) is 0 Å². The molecular weight excluding hydrogens is 226 g/mol. The Morgan fingerprint density at radius 1 is 1.33 bits per heavy atom. The van der Waals surface area contributed by atoms with Crippen molar-refractivity contribution in [1.29, 1.82) is 0 Å². The fourth-order valence-corrected chi connectivity index (χ4v) is 1.97. The zero-order valence-electron chi connectivity index (χ0n) is 13.1. The molecular formula is C14H31N3O. The first-order chi connectivity index (χ1) is 8.11. The molecule has 0 heterocycles. The van der Waals surface area contributed by atoms with Gasteiger partial charge >= 0.3 is 0 Å². The molecule has 4 nitrogen and oxygen atoms in total. The number of nitrogens with two attached hydrogens (primary N) is 1. The average Bonchev–Trinajstić information content (AvgIpc) is 2.24. The van der Waals surface area contributed by atoms with Crippen molar-refractivity contribution in [2.45, 2.75) is 53.1 Å². The molecule has 108 valence electrons. The van der Waals surface area contributed by atoms with Crippen LogP contribution in [-0.4, -0.2) is 43.5 Å². The van der Waals surface area contributed by atoms with E-state index in [1.54, 1.807) is 0 Å². The molecule has 0 radical (unpaired) electrons. The maximum atomic E-state index is 12.0. The van der Waals surface area contributed by atoms with Crippen molar-refractivity contribution in [3.63, 3.8) is 0 Å². The fraction of sp³-hybridized carbons (Fsp3) is 0.929. The van der Waals surface area contributed by atoms with Crippen molar-refractivity contribution in [2.75, 3.05) is 20.6 Å². The maximum Gasteiger partial charge on any atom is 0.237 e. The van der Waals surface area contributed by atoms with Crippen LogP contribution in [-0.2, 0) is 4.79 Å². The lowest BCUT2D eigenvalue weighted by molar-refractivity contribution is -0.124. The van der Waals surface area contributed by atoms with E-state index in [2.05, 4.69) is 31.0 Å². The molecule has 0 rings (SSSR count). The van der Waals surface area contributed by atoms with Gasteiger partial charge in [-0.1, -0.05) is 34.1 Å². The summed E-state index contributed by atoms with van der Waals surface area (Å²) in [6, 6.07) is -0.310. The molecule has 3 N–H and O–H groups in total. The van der Waals surface area contributed by atoms with Crippen LogP contribution in [0.3, 0.4) is 0 Å². The Kier molecular flexibility index (Phi) is 6.86. The average molecular weight is 257 g/mol. The summed E-state index contributed by atoms with van der Waals surface area (Å²) in [7, 11) is 4.09. The number of hydrogen-bond donors (Lipinski definition) is 2. The molecule has 0 saturated heterocycles. The van der Waals surface area contributed by atoms with Gasteiger partial charge in [0.15, 0.2) is 0 Å². The van der Waals surface area contributed by atoms with Crippen molar-refractivity contribution in [1.82, 2.24) is 10.2 Å². The Hall–Kier alpha value is -0.610. The van der Waals surface area contributed by atoms with E-state index in [9.17, 15) is 4.79 Å². The van der Waals surface area contributed by atoms with E-state index in [-0.39, 0.29) is 23.3 Å². The van der Waals surface area contributed by atoms with E-state index in [1.807, 2.05) is 27.9 Å². The quantitative estimate of drug-likeness (QED) is 0.726. The number of amides is 1. The van der Waals surface area contributed by atoms with Crippen LogP contribution in [0.1, 0.15) is 41.0 Å². The highest BCUT2D eigenvalue weighted by Crippen LogP contribution is 2.21. The minimum absolute atomic E-state index is 0.0222. The lowest BCUT2D eigenvalue weighted by Crippen LogP contribution is -2.53. The Balaban J connectivity index is 4.47. The Labute approximate surface area is 112 Å². The molecule has 0 aromatic heterocycles. The summed E-state index contributed by atoms with van der Waals surface area (Å²) in [6.07, 6.45) is 0.921. The van der Waals surface area contributed by atoms with Crippen molar-refractivity contribution < 1.29 is 4.79 Å². The summed E-state index contributed by atoms with van der Waals surface area (Å²) in [6.45, 7) is 11.4. The van der Waals surface area contributed by atoms with Crippen LogP contribution in [0, 0.1) is 11.3 Å². The number of carbonyl (C=O) groups excluding carboxylic acids is 1. The van der Waals surface area contributed by atoms with Gasteiger partial charge in [0.2, 0.25) is 5.91 Å². The molecule has 0 aliphatic carbocycles. The van der Waals surface area contributed by atoms with Crippen molar-refractivity contribution >= 4 is 5.91 Å². The maximum absolute atomic E-state index is 12.0. The van der Waals surface area contributed by atoms with Gasteiger partial charge in [-0.05, 0) is 32.4 Å². The third-order valence-electron chi connectivity index (χ3n) is 3.81. The standard InChI is InChI=1S/C14H31N3O/c1-8-10(2)12(15)13(18)16-11(3)14(4,5)9-17(6)7/h10-12H,8-9,15H2,1-7H3,(H,16,18). The molecule has 0 aliphatic heterocycles. The molecule has 0 saturated carbocycles. The second-order valence-corrected chi connectivity index (χ2v) is 6.37. The largest absolute Gasteiger partial charge is 0.352 e. The second-order valence-electron chi connectivity index (χ2n) is 6.37. The number of nitrogens with zero attached hydrogens (tertiary/aromatic N) is 1. The molecule has 0 aliphatic rings. The van der Waals surface area contributed by atoms with E-state index < -0.39 is 6.04 Å². The fourth-order valence-electron chi connectivity index (χ4n) is 1.97. The molecule has 1 amide bonds. The number of nitrogens with one attached hydrogen (secondary N) is 1. The predicted molar refractivity (Wildman–Crippen MR) is 77.4 cm³/mol. The smallest absolute Gasteiger partial charge is 0.237 e. The number of rotatable bonds is 7. The SMILES string of the molecule is CCC(C)C(N)C(=O)NC(C)C(C)(C)CN(C)C. The zero-order valence-corrected chi connectivity index (χ0v) is 13.1. The number of hydrogen-bond acceptors (Lipinski definition) is 3. The first-order valence-corrected chi connectivity index (χ1v) is 6.82. The summed E-state index contributed by atoms with van der Waals surface area (Å²) < 4.78 is 0. The van der Waals surface area contributed by atoms with Gasteiger partial charge in [-0.2, -0.15) is 0 Å². The first-order valence-electron chi connectivity index (χ1n) is 6.82. The van der Waals surface area contributed by atoms with Crippen molar-refractivity contribution in [3.8, 4) is 0 Å². The third kappa shape index (κ3) is 5.36. The third-order valence-corrected chi connectivity index (χ3v) is 3.81. The molecule has 18 heavy (non-hydrogen) atoms. The number of carbonyl (C=O) groups is 1. The predicted octanol–water partition coefficient (Wildman–Crippen LogP) is 1.45. The molecule has 0 aromatic rings. The highest BCUT2D eigenvalue weighted by atomic mass is 16.2.